The van der Waals surface area contributed by atoms with Crippen molar-refractivity contribution in [3.05, 3.63) is 30.1 Å². The van der Waals surface area contributed by atoms with E-state index >= 15 is 0 Å². The van der Waals surface area contributed by atoms with Crippen molar-refractivity contribution in [3.8, 4) is 0 Å². The minimum absolute atomic E-state index is 0.125. The number of hydrogen-bond donors (Lipinski definition) is 1. The van der Waals surface area contributed by atoms with Crippen molar-refractivity contribution in [2.75, 3.05) is 13.2 Å². The van der Waals surface area contributed by atoms with Crippen LogP contribution in [0.2, 0.25) is 0 Å². The summed E-state index contributed by atoms with van der Waals surface area (Å²) < 4.78 is 5.57. The quantitative estimate of drug-likeness (QED) is 0.598. The van der Waals surface area contributed by atoms with E-state index in [4.69, 9.17) is 22.7 Å². The number of nitrogens with zero attached hydrogens (tertiary/aromatic N) is 1. The van der Waals surface area contributed by atoms with Gasteiger partial charge in [-0.05, 0) is 18.6 Å². The van der Waals surface area contributed by atoms with Crippen molar-refractivity contribution in [2.24, 2.45) is 11.1 Å². The minimum atomic E-state index is -0.125. The summed E-state index contributed by atoms with van der Waals surface area (Å²) in [5, 5.41) is 0. The molecule has 0 saturated heterocycles. The van der Waals surface area contributed by atoms with Crippen LogP contribution >= 0.6 is 12.2 Å². The first kappa shape index (κ1) is 14.1. The molecule has 0 fully saturated rings. The fourth-order valence-corrected chi connectivity index (χ4v) is 1.38. The lowest BCUT2D eigenvalue weighted by atomic mass is 9.90. The molecule has 4 heteroatoms. The van der Waals surface area contributed by atoms with Crippen molar-refractivity contribution < 1.29 is 4.74 Å². The molecule has 0 saturated carbocycles. The summed E-state index contributed by atoms with van der Waals surface area (Å²) in [5.74, 6) is 0. The first-order valence-electron chi connectivity index (χ1n) is 5.80. The van der Waals surface area contributed by atoms with Gasteiger partial charge >= 0.3 is 0 Å². The van der Waals surface area contributed by atoms with Crippen LogP contribution < -0.4 is 5.73 Å². The van der Waals surface area contributed by atoms with Gasteiger partial charge in [-0.3, -0.25) is 4.98 Å². The Morgan fingerprint density at radius 1 is 1.41 bits per heavy atom. The van der Waals surface area contributed by atoms with E-state index in [0.29, 0.717) is 18.2 Å². The molecule has 1 heterocycles. The summed E-state index contributed by atoms with van der Waals surface area (Å²) in [4.78, 5) is 4.78. The number of hydrogen-bond acceptors (Lipinski definition) is 3. The van der Waals surface area contributed by atoms with E-state index in [2.05, 4.69) is 4.98 Å². The van der Waals surface area contributed by atoms with Gasteiger partial charge in [0, 0.05) is 30.3 Å². The Hall–Kier alpha value is -1.00. The Balaban J connectivity index is 2.15. The highest BCUT2D eigenvalue weighted by Crippen LogP contribution is 2.20. The molecule has 0 aliphatic rings. The van der Waals surface area contributed by atoms with Crippen LogP contribution in [0, 0.1) is 5.41 Å². The molecule has 0 amide bonds. The highest BCUT2D eigenvalue weighted by Gasteiger charge is 2.20. The Bertz CT molecular complexity index is 352. The molecule has 0 aliphatic carbocycles. The second-order valence-corrected chi connectivity index (χ2v) is 5.12. The van der Waals surface area contributed by atoms with Crippen LogP contribution in [-0.4, -0.2) is 23.2 Å². The van der Waals surface area contributed by atoms with Gasteiger partial charge in [-0.15, -0.1) is 0 Å². The van der Waals surface area contributed by atoms with Gasteiger partial charge < -0.3 is 10.5 Å². The average Bonchev–Trinajstić information content (AvgIpc) is 2.29. The standard InChI is InChI=1S/C13H20N2OS/c1-13(2,12(14)17)7-10-16-9-6-11-5-3-4-8-15-11/h3-5,8H,6-7,9-10H2,1-2H3,(H2,14,17). The van der Waals surface area contributed by atoms with Crippen molar-refractivity contribution in [1.29, 1.82) is 0 Å². The third kappa shape index (κ3) is 5.24. The molecule has 3 nitrogen and oxygen atoms in total. The molecule has 1 rings (SSSR count). The normalized spacial score (nSPS) is 11.4. The van der Waals surface area contributed by atoms with Gasteiger partial charge in [0.25, 0.3) is 0 Å². The van der Waals surface area contributed by atoms with Gasteiger partial charge in [0.15, 0.2) is 0 Å². The lowest BCUT2D eigenvalue weighted by molar-refractivity contribution is 0.119. The Kier molecular flexibility index (Phi) is 5.51. The van der Waals surface area contributed by atoms with Gasteiger partial charge in [-0.1, -0.05) is 32.1 Å². The number of aromatic nitrogens is 1. The van der Waals surface area contributed by atoms with Gasteiger partial charge in [0.2, 0.25) is 0 Å². The zero-order valence-electron chi connectivity index (χ0n) is 10.5. The Morgan fingerprint density at radius 2 is 2.18 bits per heavy atom. The Labute approximate surface area is 108 Å². The van der Waals surface area contributed by atoms with Crippen molar-refractivity contribution in [2.45, 2.75) is 26.7 Å². The van der Waals surface area contributed by atoms with E-state index in [-0.39, 0.29) is 5.41 Å². The molecule has 0 radical (unpaired) electrons. The first-order chi connectivity index (χ1) is 8.02. The number of ether oxygens (including phenoxy) is 1. The van der Waals surface area contributed by atoms with Crippen LogP contribution in [0.25, 0.3) is 0 Å². The number of pyridine rings is 1. The highest BCUT2D eigenvalue weighted by molar-refractivity contribution is 7.80. The molecule has 1 aromatic heterocycles. The molecule has 0 atom stereocenters. The average molecular weight is 252 g/mol. The van der Waals surface area contributed by atoms with Crippen LogP contribution in [0.15, 0.2) is 24.4 Å². The molecule has 0 aliphatic heterocycles. The smallest absolute Gasteiger partial charge is 0.0785 e. The summed E-state index contributed by atoms with van der Waals surface area (Å²) >= 11 is 5.00. The van der Waals surface area contributed by atoms with E-state index in [1.54, 1.807) is 6.20 Å². The van der Waals surface area contributed by atoms with Gasteiger partial charge in [0.1, 0.15) is 0 Å². The monoisotopic (exact) mass is 252 g/mol. The van der Waals surface area contributed by atoms with Crippen LogP contribution in [-0.2, 0) is 11.2 Å². The summed E-state index contributed by atoms with van der Waals surface area (Å²) in [5.41, 5.74) is 6.57. The minimum Gasteiger partial charge on any atom is -0.393 e. The number of rotatable bonds is 7. The fourth-order valence-electron chi connectivity index (χ4n) is 1.28. The zero-order chi connectivity index (χ0) is 12.7. The van der Waals surface area contributed by atoms with Gasteiger partial charge in [-0.2, -0.15) is 0 Å². The SMILES string of the molecule is CC(C)(CCOCCc1ccccn1)C(N)=S. The molecule has 0 spiro atoms. The third-order valence-corrected chi connectivity index (χ3v) is 3.32. The third-order valence-electron chi connectivity index (χ3n) is 2.77. The molecule has 17 heavy (non-hydrogen) atoms. The maximum Gasteiger partial charge on any atom is 0.0785 e. The lowest BCUT2D eigenvalue weighted by Crippen LogP contribution is -2.31. The largest absolute Gasteiger partial charge is 0.393 e. The molecular formula is C13H20N2OS. The summed E-state index contributed by atoms with van der Waals surface area (Å²) in [6.07, 6.45) is 3.49. The van der Waals surface area contributed by atoms with Gasteiger partial charge in [-0.25, -0.2) is 0 Å². The summed E-state index contributed by atoms with van der Waals surface area (Å²) in [7, 11) is 0. The highest BCUT2D eigenvalue weighted by atomic mass is 32.1. The predicted octanol–water partition coefficient (Wildman–Crippen LogP) is 2.34. The summed E-state index contributed by atoms with van der Waals surface area (Å²) in [6, 6.07) is 5.90. The Morgan fingerprint density at radius 3 is 2.76 bits per heavy atom. The molecule has 0 aromatic carbocycles. The van der Waals surface area contributed by atoms with E-state index in [1.807, 2.05) is 32.0 Å². The van der Waals surface area contributed by atoms with Crippen LogP contribution in [0.3, 0.4) is 0 Å². The van der Waals surface area contributed by atoms with E-state index in [0.717, 1.165) is 18.5 Å². The van der Waals surface area contributed by atoms with Crippen LogP contribution in [0.4, 0.5) is 0 Å². The molecule has 0 unspecified atom stereocenters. The first-order valence-corrected chi connectivity index (χ1v) is 6.21. The van der Waals surface area contributed by atoms with Gasteiger partial charge in [0.05, 0.1) is 11.6 Å². The second-order valence-electron chi connectivity index (χ2n) is 4.68. The summed E-state index contributed by atoms with van der Waals surface area (Å²) in [6.45, 7) is 5.44. The van der Waals surface area contributed by atoms with Crippen LogP contribution in [0.5, 0.6) is 0 Å². The van der Waals surface area contributed by atoms with E-state index in [1.165, 1.54) is 0 Å². The van der Waals surface area contributed by atoms with Crippen LogP contribution in [0.1, 0.15) is 26.0 Å². The van der Waals surface area contributed by atoms with Crippen molar-refractivity contribution in [3.63, 3.8) is 0 Å². The van der Waals surface area contributed by atoms with Crippen molar-refractivity contribution >= 4 is 17.2 Å². The van der Waals surface area contributed by atoms with E-state index < -0.39 is 0 Å². The molecular weight excluding hydrogens is 232 g/mol. The second kappa shape index (κ2) is 6.67. The maximum absolute atomic E-state index is 5.64. The predicted molar refractivity (Wildman–Crippen MR) is 73.9 cm³/mol. The number of thiocarbonyl (C=S) groups is 1. The lowest BCUT2D eigenvalue weighted by Gasteiger charge is -2.22. The zero-order valence-corrected chi connectivity index (χ0v) is 11.3. The maximum atomic E-state index is 5.64. The molecule has 1 aromatic rings. The number of nitrogens with two attached hydrogens (primary N) is 1. The molecule has 0 bridgehead atoms. The fraction of sp³-hybridized carbons (Fsp3) is 0.538. The van der Waals surface area contributed by atoms with Crippen molar-refractivity contribution in [1.82, 2.24) is 4.98 Å². The topological polar surface area (TPSA) is 48.1 Å². The molecule has 2 N–H and O–H groups in total. The van der Waals surface area contributed by atoms with E-state index in [9.17, 15) is 0 Å². The molecule has 94 valence electrons.